The van der Waals surface area contributed by atoms with E-state index < -0.39 is 46.8 Å². The molecule has 3 heterocycles. The summed E-state index contributed by atoms with van der Waals surface area (Å²) in [5.74, 6) is 0.0856. The second kappa shape index (κ2) is 9.05. The van der Waals surface area contributed by atoms with Gasteiger partial charge in [-0.1, -0.05) is 0 Å². The number of rotatable bonds is 6. The minimum Gasteiger partial charge on any atom is -0.412 e. The Morgan fingerprint density at radius 1 is 1.17 bits per heavy atom. The van der Waals surface area contributed by atoms with E-state index >= 15 is 0 Å². The summed E-state index contributed by atoms with van der Waals surface area (Å²) in [5, 5.41) is 20.3. The van der Waals surface area contributed by atoms with Gasteiger partial charge >= 0.3 is 15.6 Å². The van der Waals surface area contributed by atoms with Crippen molar-refractivity contribution in [3.05, 3.63) is 12.7 Å². The van der Waals surface area contributed by atoms with Gasteiger partial charge in [-0.3, -0.25) is 9.09 Å². The first-order chi connectivity index (χ1) is 12.5. The fraction of sp³-hybridized carbons (Fsp3) is 0.500. The van der Waals surface area contributed by atoms with Crippen LogP contribution < -0.4 is 11.9 Å². The van der Waals surface area contributed by atoms with Gasteiger partial charge in [-0.2, -0.15) is 4.31 Å². The lowest BCUT2D eigenvalue weighted by molar-refractivity contribution is -0.0503. The number of aliphatic hydroxyl groups is 2. The van der Waals surface area contributed by atoms with Gasteiger partial charge in [0.25, 0.3) is 0 Å². The first-order valence-corrected chi connectivity index (χ1v) is 10.2. The van der Waals surface area contributed by atoms with Crippen molar-refractivity contribution >= 4 is 32.6 Å². The lowest BCUT2D eigenvalue weighted by Gasteiger charge is -2.17. The molecular formula is C10H20N6O11P2. The SMILES string of the molecule is N.Nc1ncnc2c1ncn2[C@@H]1O[C@H](COP(=O)(O)OP(=O)(O)O)[C@@H](O)[C@H]1O.O. The van der Waals surface area contributed by atoms with Crippen molar-refractivity contribution in [2.75, 3.05) is 12.3 Å². The summed E-state index contributed by atoms with van der Waals surface area (Å²) in [5.41, 5.74) is 6.11. The number of nitrogens with two attached hydrogens (primary N) is 1. The minimum atomic E-state index is -5.29. The van der Waals surface area contributed by atoms with Gasteiger partial charge in [0.1, 0.15) is 30.2 Å². The highest BCUT2D eigenvalue weighted by atomic mass is 31.3. The maximum absolute atomic E-state index is 11.5. The highest BCUT2D eigenvalue weighted by molar-refractivity contribution is 7.60. The number of ether oxygens (including phenoxy) is 1. The predicted molar refractivity (Wildman–Crippen MR) is 93.2 cm³/mol. The molecule has 0 amide bonds. The zero-order chi connectivity index (χ0) is 20.0. The van der Waals surface area contributed by atoms with Crippen LogP contribution in [0.15, 0.2) is 12.7 Å². The number of nitrogens with zero attached hydrogens (tertiary/aromatic N) is 4. The Morgan fingerprint density at radius 3 is 2.45 bits per heavy atom. The van der Waals surface area contributed by atoms with Crippen molar-refractivity contribution < 1.29 is 53.1 Å². The summed E-state index contributed by atoms with van der Waals surface area (Å²) in [4.78, 5) is 38.1. The summed E-state index contributed by atoms with van der Waals surface area (Å²) >= 11 is 0. The van der Waals surface area contributed by atoms with Crippen LogP contribution in [0.5, 0.6) is 0 Å². The van der Waals surface area contributed by atoms with Crippen LogP contribution in [-0.4, -0.2) is 74.8 Å². The molecule has 2 aromatic heterocycles. The molecule has 166 valence electrons. The van der Waals surface area contributed by atoms with Crippen molar-refractivity contribution in [2.45, 2.75) is 24.5 Å². The van der Waals surface area contributed by atoms with Gasteiger partial charge in [0.2, 0.25) is 0 Å². The topological polar surface area (TPSA) is 299 Å². The van der Waals surface area contributed by atoms with Gasteiger partial charge in [-0.05, 0) is 0 Å². The third-order valence-electron chi connectivity index (χ3n) is 3.61. The van der Waals surface area contributed by atoms with Gasteiger partial charge in [0.05, 0.1) is 12.9 Å². The average molecular weight is 462 g/mol. The number of phosphoric ester groups is 1. The van der Waals surface area contributed by atoms with Crippen LogP contribution in [0.2, 0.25) is 0 Å². The van der Waals surface area contributed by atoms with E-state index in [0.29, 0.717) is 0 Å². The number of anilines is 1. The molecule has 0 aromatic carbocycles. The molecule has 0 radical (unpaired) electrons. The Bertz CT molecular complexity index is 936. The number of hydrogen-bond acceptors (Lipinski definition) is 12. The van der Waals surface area contributed by atoms with Gasteiger partial charge in [-0.25, -0.2) is 24.1 Å². The van der Waals surface area contributed by atoms with Crippen molar-refractivity contribution in [3.63, 3.8) is 0 Å². The maximum atomic E-state index is 11.5. The number of imidazole rings is 1. The van der Waals surface area contributed by atoms with Gasteiger partial charge in [0, 0.05) is 0 Å². The first kappa shape index (κ1) is 25.4. The molecule has 5 atom stereocenters. The van der Waals surface area contributed by atoms with E-state index in [4.69, 9.17) is 20.3 Å². The zero-order valence-electron chi connectivity index (χ0n) is 14.4. The third kappa shape index (κ3) is 5.52. The first-order valence-electron chi connectivity index (χ1n) is 7.17. The summed E-state index contributed by atoms with van der Waals surface area (Å²) < 4.78 is 36.8. The van der Waals surface area contributed by atoms with E-state index in [9.17, 15) is 24.2 Å². The predicted octanol–water partition coefficient (Wildman–Crippen LogP) is -2.41. The molecule has 1 saturated heterocycles. The van der Waals surface area contributed by atoms with Crippen molar-refractivity contribution in [1.82, 2.24) is 25.7 Å². The Labute approximate surface area is 161 Å². The normalized spacial score (nSPS) is 26.5. The largest absolute Gasteiger partial charge is 0.481 e. The molecule has 0 spiro atoms. The molecule has 1 unspecified atom stereocenters. The summed E-state index contributed by atoms with van der Waals surface area (Å²) in [6, 6.07) is 0. The Kier molecular flexibility index (Phi) is 7.94. The molecule has 19 heteroatoms. The van der Waals surface area contributed by atoms with Crippen molar-refractivity contribution in [2.24, 2.45) is 0 Å². The molecular weight excluding hydrogens is 442 g/mol. The number of fused-ring (bicyclic) bond motifs is 1. The molecule has 1 aliphatic heterocycles. The molecule has 3 rings (SSSR count). The Balaban J connectivity index is 0.00000210. The molecule has 0 saturated carbocycles. The van der Waals surface area contributed by atoms with E-state index in [1.165, 1.54) is 10.9 Å². The molecule has 12 N–H and O–H groups in total. The van der Waals surface area contributed by atoms with Gasteiger partial charge in [0.15, 0.2) is 17.7 Å². The lowest BCUT2D eigenvalue weighted by atomic mass is 10.1. The molecule has 1 fully saturated rings. The fourth-order valence-corrected chi connectivity index (χ4v) is 4.08. The lowest BCUT2D eigenvalue weighted by Crippen LogP contribution is -2.33. The second-order valence-corrected chi connectivity index (χ2v) is 8.30. The van der Waals surface area contributed by atoms with Crippen LogP contribution in [0.3, 0.4) is 0 Å². The Hall–Kier alpha value is -1.59. The number of aromatic nitrogens is 4. The standard InChI is InChI=1S/C10H15N5O10P2.H3N.H2O/c11-8-5-9(13-2-12-8)15(3-14-5)10-7(17)6(16)4(24-10)1-23-27(21,22)25-26(18,19)20;;/h2-4,6-7,10,16-17H,1H2,(H,21,22)(H2,11,12,13)(H2,18,19,20);1H3;1H2/t4-,6-,7-,10-;;/m1../s1. The monoisotopic (exact) mass is 462 g/mol. The quantitative estimate of drug-likeness (QED) is 0.220. The molecule has 29 heavy (non-hydrogen) atoms. The molecule has 0 aliphatic carbocycles. The molecule has 0 bridgehead atoms. The molecule has 2 aromatic rings. The number of aliphatic hydroxyl groups excluding tert-OH is 2. The van der Waals surface area contributed by atoms with Crippen LogP contribution in [-0.2, 0) is 22.7 Å². The van der Waals surface area contributed by atoms with E-state index in [1.54, 1.807) is 0 Å². The van der Waals surface area contributed by atoms with Crippen LogP contribution in [0.1, 0.15) is 6.23 Å². The van der Waals surface area contributed by atoms with E-state index in [0.717, 1.165) is 6.33 Å². The highest BCUT2D eigenvalue weighted by Crippen LogP contribution is 2.57. The number of nitrogen functional groups attached to an aromatic ring is 1. The van der Waals surface area contributed by atoms with Crippen molar-refractivity contribution in [3.8, 4) is 0 Å². The number of hydrogen-bond donors (Lipinski definition) is 7. The van der Waals surface area contributed by atoms with Crippen LogP contribution in [0, 0.1) is 0 Å². The summed E-state index contributed by atoms with van der Waals surface area (Å²) in [6.07, 6.45) is -3.20. The highest BCUT2D eigenvalue weighted by Gasteiger charge is 2.46. The van der Waals surface area contributed by atoms with Crippen LogP contribution >= 0.6 is 15.6 Å². The van der Waals surface area contributed by atoms with Gasteiger partial charge < -0.3 is 47.0 Å². The summed E-state index contributed by atoms with van der Waals surface area (Å²) in [7, 11) is -10.4. The summed E-state index contributed by atoms with van der Waals surface area (Å²) in [6.45, 7) is -0.813. The fourth-order valence-electron chi connectivity index (χ4n) is 2.48. The zero-order valence-corrected chi connectivity index (χ0v) is 16.2. The third-order valence-corrected chi connectivity index (χ3v) is 5.76. The van der Waals surface area contributed by atoms with E-state index in [1.807, 2.05) is 0 Å². The van der Waals surface area contributed by atoms with Gasteiger partial charge in [-0.15, -0.1) is 0 Å². The van der Waals surface area contributed by atoms with E-state index in [2.05, 4.69) is 23.8 Å². The van der Waals surface area contributed by atoms with Crippen molar-refractivity contribution in [1.29, 1.82) is 0 Å². The molecule has 17 nitrogen and oxygen atoms in total. The average Bonchev–Trinajstić information content (AvgIpc) is 3.07. The number of phosphoric acid groups is 2. The molecule has 1 aliphatic rings. The van der Waals surface area contributed by atoms with Crippen LogP contribution in [0.25, 0.3) is 11.2 Å². The Morgan fingerprint density at radius 2 is 1.83 bits per heavy atom. The minimum absolute atomic E-state index is 0. The smallest absolute Gasteiger partial charge is 0.412 e. The van der Waals surface area contributed by atoms with Crippen LogP contribution in [0.4, 0.5) is 5.82 Å². The van der Waals surface area contributed by atoms with E-state index in [-0.39, 0.29) is 28.6 Å². The second-order valence-electron chi connectivity index (χ2n) is 5.47. The maximum Gasteiger partial charge on any atom is 0.481 e.